The standard InChI is InChI=1S/C13H18N2S/c1-10-5-11(2)8-15(7-10)13(6-14)12-3-4-16-9-12/h3-4,9-11,13H,5,7-8H2,1-2H3. The molecule has 3 unspecified atom stereocenters. The van der Waals surface area contributed by atoms with Crippen molar-refractivity contribution in [2.45, 2.75) is 26.3 Å². The maximum Gasteiger partial charge on any atom is 0.124 e. The number of likely N-dealkylation sites (tertiary alicyclic amines) is 1. The van der Waals surface area contributed by atoms with Gasteiger partial charge in [0.2, 0.25) is 0 Å². The van der Waals surface area contributed by atoms with Crippen LogP contribution in [0.1, 0.15) is 31.9 Å². The Morgan fingerprint density at radius 1 is 1.44 bits per heavy atom. The SMILES string of the molecule is CC1CC(C)CN(C(C#N)c2ccsc2)C1. The van der Waals surface area contributed by atoms with Gasteiger partial charge < -0.3 is 0 Å². The lowest BCUT2D eigenvalue weighted by Gasteiger charge is -2.37. The minimum absolute atomic E-state index is 0.0450. The van der Waals surface area contributed by atoms with E-state index in [1.165, 1.54) is 6.42 Å². The van der Waals surface area contributed by atoms with E-state index in [1.54, 1.807) is 11.3 Å². The third-order valence-electron chi connectivity index (χ3n) is 3.24. The van der Waals surface area contributed by atoms with Gasteiger partial charge in [-0.3, -0.25) is 4.90 Å². The van der Waals surface area contributed by atoms with Gasteiger partial charge in [0.25, 0.3) is 0 Å². The van der Waals surface area contributed by atoms with E-state index < -0.39 is 0 Å². The highest BCUT2D eigenvalue weighted by atomic mass is 32.1. The third kappa shape index (κ3) is 2.45. The molecule has 2 heterocycles. The highest BCUT2D eigenvalue weighted by molar-refractivity contribution is 7.08. The largest absolute Gasteiger partial charge is 0.284 e. The third-order valence-corrected chi connectivity index (χ3v) is 3.94. The molecule has 1 aromatic heterocycles. The summed E-state index contributed by atoms with van der Waals surface area (Å²) in [4.78, 5) is 2.33. The number of nitriles is 1. The molecule has 2 rings (SSSR count). The number of nitrogens with zero attached hydrogens (tertiary/aromatic N) is 2. The van der Waals surface area contributed by atoms with Crippen LogP contribution in [-0.2, 0) is 0 Å². The van der Waals surface area contributed by atoms with Crippen molar-refractivity contribution in [3.8, 4) is 6.07 Å². The molecule has 86 valence electrons. The second kappa shape index (κ2) is 4.99. The monoisotopic (exact) mass is 234 g/mol. The molecular weight excluding hydrogens is 216 g/mol. The summed E-state index contributed by atoms with van der Waals surface area (Å²) < 4.78 is 0. The lowest BCUT2D eigenvalue weighted by molar-refractivity contribution is 0.118. The first-order valence-corrected chi connectivity index (χ1v) is 6.80. The predicted molar refractivity (Wildman–Crippen MR) is 67.2 cm³/mol. The van der Waals surface area contributed by atoms with Crippen molar-refractivity contribution in [1.29, 1.82) is 5.26 Å². The molecule has 0 amide bonds. The highest BCUT2D eigenvalue weighted by Gasteiger charge is 2.28. The molecule has 1 fully saturated rings. The molecule has 3 heteroatoms. The van der Waals surface area contributed by atoms with Crippen molar-refractivity contribution in [2.24, 2.45) is 11.8 Å². The lowest BCUT2D eigenvalue weighted by atomic mass is 9.90. The Balaban J connectivity index is 2.13. The van der Waals surface area contributed by atoms with E-state index in [0.29, 0.717) is 11.8 Å². The second-order valence-corrected chi connectivity index (χ2v) is 5.77. The molecule has 1 aliphatic rings. The zero-order chi connectivity index (χ0) is 11.5. The van der Waals surface area contributed by atoms with Crippen LogP contribution in [0, 0.1) is 23.2 Å². The van der Waals surface area contributed by atoms with Gasteiger partial charge in [0, 0.05) is 13.1 Å². The Kier molecular flexibility index (Phi) is 3.63. The summed E-state index contributed by atoms with van der Waals surface area (Å²) in [5.41, 5.74) is 1.16. The summed E-state index contributed by atoms with van der Waals surface area (Å²) in [5, 5.41) is 13.5. The van der Waals surface area contributed by atoms with Crippen molar-refractivity contribution < 1.29 is 0 Å². The van der Waals surface area contributed by atoms with Crippen LogP contribution >= 0.6 is 11.3 Å². The normalized spacial score (nSPS) is 28.6. The lowest BCUT2D eigenvalue weighted by Crippen LogP contribution is -2.40. The average molecular weight is 234 g/mol. The quantitative estimate of drug-likeness (QED) is 0.785. The average Bonchev–Trinajstić information content (AvgIpc) is 2.70. The number of thiophene rings is 1. The Hall–Kier alpha value is -0.850. The summed E-state index contributed by atoms with van der Waals surface area (Å²) in [6.45, 7) is 6.67. The predicted octanol–water partition coefficient (Wildman–Crippen LogP) is 3.29. The molecule has 2 nitrogen and oxygen atoms in total. The van der Waals surface area contributed by atoms with Gasteiger partial charge in [-0.2, -0.15) is 16.6 Å². The first-order chi connectivity index (χ1) is 7.70. The molecule has 0 radical (unpaired) electrons. The molecule has 0 bridgehead atoms. The van der Waals surface area contributed by atoms with Gasteiger partial charge in [0.1, 0.15) is 6.04 Å². The van der Waals surface area contributed by atoms with Crippen molar-refractivity contribution in [2.75, 3.05) is 13.1 Å². The number of hydrogen-bond donors (Lipinski definition) is 0. The molecule has 0 spiro atoms. The zero-order valence-corrected chi connectivity index (χ0v) is 10.7. The van der Waals surface area contributed by atoms with E-state index in [0.717, 1.165) is 18.7 Å². The van der Waals surface area contributed by atoms with Gasteiger partial charge >= 0.3 is 0 Å². The van der Waals surface area contributed by atoms with Crippen molar-refractivity contribution in [1.82, 2.24) is 4.90 Å². The Morgan fingerprint density at radius 3 is 2.62 bits per heavy atom. The molecule has 1 aliphatic heterocycles. The van der Waals surface area contributed by atoms with E-state index in [2.05, 4.69) is 41.6 Å². The highest BCUT2D eigenvalue weighted by Crippen LogP contribution is 2.29. The van der Waals surface area contributed by atoms with Crippen LogP contribution in [0.2, 0.25) is 0 Å². The molecule has 0 aromatic carbocycles. The summed E-state index contributed by atoms with van der Waals surface area (Å²) >= 11 is 1.67. The fourth-order valence-electron chi connectivity index (χ4n) is 2.72. The van der Waals surface area contributed by atoms with E-state index in [9.17, 15) is 5.26 Å². The van der Waals surface area contributed by atoms with E-state index in [4.69, 9.17) is 0 Å². The van der Waals surface area contributed by atoms with Crippen LogP contribution in [-0.4, -0.2) is 18.0 Å². The fraction of sp³-hybridized carbons (Fsp3) is 0.615. The molecule has 3 atom stereocenters. The second-order valence-electron chi connectivity index (χ2n) is 4.99. The summed E-state index contributed by atoms with van der Waals surface area (Å²) in [6, 6.07) is 4.47. The van der Waals surface area contributed by atoms with Crippen LogP contribution in [0.5, 0.6) is 0 Å². The Morgan fingerprint density at radius 2 is 2.12 bits per heavy atom. The van der Waals surface area contributed by atoms with E-state index in [-0.39, 0.29) is 6.04 Å². The van der Waals surface area contributed by atoms with Gasteiger partial charge in [0.05, 0.1) is 6.07 Å². The van der Waals surface area contributed by atoms with Crippen LogP contribution < -0.4 is 0 Å². The van der Waals surface area contributed by atoms with Gasteiger partial charge in [-0.25, -0.2) is 0 Å². The summed E-state index contributed by atoms with van der Waals surface area (Å²) in [7, 11) is 0. The topological polar surface area (TPSA) is 27.0 Å². The van der Waals surface area contributed by atoms with Gasteiger partial charge in [-0.15, -0.1) is 0 Å². The van der Waals surface area contributed by atoms with Gasteiger partial charge in [-0.1, -0.05) is 13.8 Å². The molecule has 1 saturated heterocycles. The maximum absolute atomic E-state index is 9.34. The first kappa shape index (κ1) is 11.6. The minimum Gasteiger partial charge on any atom is -0.284 e. The Labute approximate surface area is 102 Å². The summed E-state index contributed by atoms with van der Waals surface area (Å²) in [6.07, 6.45) is 1.29. The van der Waals surface area contributed by atoms with E-state index >= 15 is 0 Å². The van der Waals surface area contributed by atoms with E-state index in [1.807, 2.05) is 0 Å². The van der Waals surface area contributed by atoms with Crippen LogP contribution in [0.15, 0.2) is 16.8 Å². The maximum atomic E-state index is 9.34. The molecule has 0 aliphatic carbocycles. The van der Waals surface area contributed by atoms with Crippen molar-refractivity contribution in [3.05, 3.63) is 22.4 Å². The van der Waals surface area contributed by atoms with Crippen LogP contribution in [0.4, 0.5) is 0 Å². The molecule has 16 heavy (non-hydrogen) atoms. The number of hydrogen-bond acceptors (Lipinski definition) is 3. The number of rotatable bonds is 2. The van der Waals surface area contributed by atoms with Crippen LogP contribution in [0.25, 0.3) is 0 Å². The summed E-state index contributed by atoms with van der Waals surface area (Å²) in [5.74, 6) is 1.41. The molecule has 0 saturated carbocycles. The van der Waals surface area contributed by atoms with Crippen molar-refractivity contribution in [3.63, 3.8) is 0 Å². The number of piperidine rings is 1. The molecule has 1 aromatic rings. The molecule has 0 N–H and O–H groups in total. The zero-order valence-electron chi connectivity index (χ0n) is 9.89. The smallest absolute Gasteiger partial charge is 0.124 e. The minimum atomic E-state index is -0.0450. The fourth-order valence-corrected chi connectivity index (χ4v) is 3.40. The van der Waals surface area contributed by atoms with Crippen molar-refractivity contribution >= 4 is 11.3 Å². The van der Waals surface area contributed by atoms with Crippen LogP contribution in [0.3, 0.4) is 0 Å². The first-order valence-electron chi connectivity index (χ1n) is 5.86. The van der Waals surface area contributed by atoms with Gasteiger partial charge in [0.15, 0.2) is 0 Å². The Bertz CT molecular complexity index is 356. The van der Waals surface area contributed by atoms with Gasteiger partial charge in [-0.05, 0) is 40.6 Å². The molecular formula is C13H18N2S.